The summed E-state index contributed by atoms with van der Waals surface area (Å²) in [5, 5.41) is 0. The summed E-state index contributed by atoms with van der Waals surface area (Å²) >= 11 is 0. The second-order valence-electron chi connectivity index (χ2n) is 4.45. The number of epoxide rings is 1. The molecule has 0 N–H and O–H groups in total. The molecule has 0 amide bonds. The molecule has 1 heterocycles. The fourth-order valence-corrected chi connectivity index (χ4v) is 1.76. The van der Waals surface area contributed by atoms with E-state index in [1.54, 1.807) is 0 Å². The number of ether oxygens (including phenoxy) is 2. The van der Waals surface area contributed by atoms with Crippen molar-refractivity contribution >= 4 is 0 Å². The lowest BCUT2D eigenvalue weighted by Gasteiger charge is -2.06. The van der Waals surface area contributed by atoms with Gasteiger partial charge >= 0.3 is 0 Å². The third-order valence-electron chi connectivity index (χ3n) is 2.86. The molecule has 0 bridgehead atoms. The Balaban J connectivity index is 1.75. The van der Waals surface area contributed by atoms with E-state index in [4.69, 9.17) is 9.47 Å². The van der Waals surface area contributed by atoms with Gasteiger partial charge in [-0.25, -0.2) is 0 Å². The molecule has 92 valence electrons. The largest absolute Gasteiger partial charge is 0.491 e. The summed E-state index contributed by atoms with van der Waals surface area (Å²) in [6.07, 6.45) is 6.95. The van der Waals surface area contributed by atoms with Gasteiger partial charge in [0, 0.05) is 0 Å². The van der Waals surface area contributed by atoms with Crippen LogP contribution in [0, 0.1) is 0 Å². The zero-order chi connectivity index (χ0) is 11.9. The lowest BCUT2D eigenvalue weighted by molar-refractivity contribution is 0.263. The Hall–Kier alpha value is -1.28. The highest BCUT2D eigenvalue weighted by molar-refractivity contribution is 5.28. The van der Waals surface area contributed by atoms with Gasteiger partial charge in [-0.3, -0.25) is 0 Å². The van der Waals surface area contributed by atoms with E-state index in [1.165, 1.54) is 18.4 Å². The van der Waals surface area contributed by atoms with Crippen LogP contribution in [0.2, 0.25) is 0 Å². The van der Waals surface area contributed by atoms with Gasteiger partial charge < -0.3 is 9.47 Å². The summed E-state index contributed by atoms with van der Waals surface area (Å²) < 4.78 is 10.8. The normalized spacial score (nSPS) is 17.8. The molecule has 1 aromatic rings. The van der Waals surface area contributed by atoms with Crippen molar-refractivity contribution in [1.29, 1.82) is 0 Å². The van der Waals surface area contributed by atoms with E-state index in [1.807, 2.05) is 12.1 Å². The number of hydrogen-bond donors (Lipinski definition) is 0. The Labute approximate surface area is 103 Å². The van der Waals surface area contributed by atoms with E-state index in [2.05, 4.69) is 24.8 Å². The average molecular weight is 232 g/mol. The topological polar surface area (TPSA) is 21.8 Å². The van der Waals surface area contributed by atoms with Crippen molar-refractivity contribution < 1.29 is 9.47 Å². The van der Waals surface area contributed by atoms with Crippen molar-refractivity contribution in [3.8, 4) is 5.75 Å². The van der Waals surface area contributed by atoms with Crippen molar-refractivity contribution in [2.75, 3.05) is 13.2 Å². The zero-order valence-corrected chi connectivity index (χ0v) is 10.2. The molecule has 1 aliphatic heterocycles. The van der Waals surface area contributed by atoms with Gasteiger partial charge in [-0.1, -0.05) is 18.2 Å². The monoisotopic (exact) mass is 232 g/mol. The Morgan fingerprint density at radius 3 is 3.06 bits per heavy atom. The first-order chi connectivity index (χ1) is 8.38. The minimum absolute atomic E-state index is 0.325. The van der Waals surface area contributed by atoms with Gasteiger partial charge in [0.25, 0.3) is 0 Å². The fourth-order valence-electron chi connectivity index (χ4n) is 1.76. The first kappa shape index (κ1) is 12.2. The molecule has 0 aromatic heterocycles. The van der Waals surface area contributed by atoms with Crippen LogP contribution in [0.1, 0.15) is 24.8 Å². The molecule has 1 saturated heterocycles. The maximum Gasteiger partial charge on any atom is 0.119 e. The highest BCUT2D eigenvalue weighted by Crippen LogP contribution is 2.18. The number of allylic oxidation sites excluding steroid dienone is 1. The van der Waals surface area contributed by atoms with E-state index in [-0.39, 0.29) is 0 Å². The van der Waals surface area contributed by atoms with Crippen molar-refractivity contribution in [1.82, 2.24) is 0 Å². The second kappa shape index (κ2) is 6.45. The molecule has 0 radical (unpaired) electrons. The Morgan fingerprint density at radius 2 is 2.29 bits per heavy atom. The highest BCUT2D eigenvalue weighted by atomic mass is 16.6. The molecule has 2 rings (SSSR count). The predicted molar refractivity (Wildman–Crippen MR) is 69.4 cm³/mol. The van der Waals surface area contributed by atoms with Gasteiger partial charge in [0.05, 0.1) is 6.61 Å². The molecular weight excluding hydrogens is 212 g/mol. The van der Waals surface area contributed by atoms with Gasteiger partial charge in [0.1, 0.15) is 18.5 Å². The third kappa shape index (κ3) is 4.61. The van der Waals surface area contributed by atoms with Crippen LogP contribution in [0.25, 0.3) is 0 Å². The molecule has 2 heteroatoms. The number of hydrogen-bond acceptors (Lipinski definition) is 2. The van der Waals surface area contributed by atoms with E-state index >= 15 is 0 Å². The molecule has 0 spiro atoms. The maximum absolute atomic E-state index is 5.66. The molecule has 0 aliphatic carbocycles. The SMILES string of the molecule is C=CCCCCc1cccc(OCC2CO2)c1. The van der Waals surface area contributed by atoms with Crippen molar-refractivity contribution in [3.05, 3.63) is 42.5 Å². The number of aryl methyl sites for hydroxylation is 1. The molecule has 2 nitrogen and oxygen atoms in total. The third-order valence-corrected chi connectivity index (χ3v) is 2.86. The summed E-state index contributed by atoms with van der Waals surface area (Å²) in [6, 6.07) is 8.37. The van der Waals surface area contributed by atoms with Crippen LogP contribution in [-0.2, 0) is 11.2 Å². The van der Waals surface area contributed by atoms with Gasteiger partial charge in [-0.2, -0.15) is 0 Å². The van der Waals surface area contributed by atoms with Crippen LogP contribution in [0.15, 0.2) is 36.9 Å². The molecule has 0 saturated carbocycles. The second-order valence-corrected chi connectivity index (χ2v) is 4.45. The number of unbranched alkanes of at least 4 members (excludes halogenated alkanes) is 2. The van der Waals surface area contributed by atoms with E-state index in [0.717, 1.165) is 25.2 Å². The minimum atomic E-state index is 0.325. The quantitative estimate of drug-likeness (QED) is 0.389. The Kier molecular flexibility index (Phi) is 4.63. The summed E-state index contributed by atoms with van der Waals surface area (Å²) in [5.41, 5.74) is 1.35. The van der Waals surface area contributed by atoms with Crippen molar-refractivity contribution in [2.24, 2.45) is 0 Å². The van der Waals surface area contributed by atoms with Gasteiger partial charge in [0.15, 0.2) is 0 Å². The summed E-state index contributed by atoms with van der Waals surface area (Å²) in [7, 11) is 0. The standard InChI is InChI=1S/C15H20O2/c1-2-3-4-5-7-13-8-6-9-14(10-13)16-11-15-12-17-15/h2,6,8-10,15H,1,3-5,7,11-12H2. The molecule has 1 atom stereocenters. The van der Waals surface area contributed by atoms with E-state index < -0.39 is 0 Å². The maximum atomic E-state index is 5.66. The first-order valence-corrected chi connectivity index (χ1v) is 6.33. The zero-order valence-electron chi connectivity index (χ0n) is 10.2. The smallest absolute Gasteiger partial charge is 0.119 e. The van der Waals surface area contributed by atoms with Crippen LogP contribution >= 0.6 is 0 Å². The molecule has 1 aliphatic rings. The van der Waals surface area contributed by atoms with Crippen LogP contribution < -0.4 is 4.74 Å². The van der Waals surface area contributed by atoms with Gasteiger partial charge in [0.2, 0.25) is 0 Å². The summed E-state index contributed by atoms with van der Waals surface area (Å²) in [6.45, 7) is 5.26. The molecule has 1 fully saturated rings. The lowest BCUT2D eigenvalue weighted by atomic mass is 10.1. The Morgan fingerprint density at radius 1 is 1.41 bits per heavy atom. The number of rotatable bonds is 8. The predicted octanol–water partition coefficient (Wildman–Crippen LogP) is 3.36. The van der Waals surface area contributed by atoms with Gasteiger partial charge in [-0.05, 0) is 43.4 Å². The summed E-state index contributed by atoms with van der Waals surface area (Å²) in [4.78, 5) is 0. The molecule has 1 aromatic carbocycles. The van der Waals surface area contributed by atoms with E-state index in [0.29, 0.717) is 12.7 Å². The highest BCUT2D eigenvalue weighted by Gasteiger charge is 2.22. The van der Waals surface area contributed by atoms with Crippen molar-refractivity contribution in [2.45, 2.75) is 31.8 Å². The van der Waals surface area contributed by atoms with Crippen LogP contribution in [-0.4, -0.2) is 19.3 Å². The minimum Gasteiger partial charge on any atom is -0.491 e. The summed E-state index contributed by atoms with van der Waals surface area (Å²) in [5.74, 6) is 0.960. The Bertz CT molecular complexity index is 356. The fraction of sp³-hybridized carbons (Fsp3) is 0.467. The van der Waals surface area contributed by atoms with Crippen LogP contribution in [0.3, 0.4) is 0 Å². The molecule has 17 heavy (non-hydrogen) atoms. The average Bonchev–Trinajstić information content (AvgIpc) is 3.17. The van der Waals surface area contributed by atoms with Crippen molar-refractivity contribution in [3.63, 3.8) is 0 Å². The molecular formula is C15H20O2. The van der Waals surface area contributed by atoms with Gasteiger partial charge in [-0.15, -0.1) is 6.58 Å². The molecule has 1 unspecified atom stereocenters. The van der Waals surface area contributed by atoms with E-state index in [9.17, 15) is 0 Å². The van der Waals surface area contributed by atoms with Crippen LogP contribution in [0.5, 0.6) is 5.75 Å². The first-order valence-electron chi connectivity index (χ1n) is 6.33. The van der Waals surface area contributed by atoms with Crippen LogP contribution in [0.4, 0.5) is 0 Å². The lowest BCUT2D eigenvalue weighted by Crippen LogP contribution is -2.04. The number of benzene rings is 1.